The molecule has 0 unspecified atom stereocenters. The molecule has 0 saturated heterocycles. The Balaban J connectivity index is 3.07. The van der Waals surface area contributed by atoms with Crippen molar-refractivity contribution >= 4 is 22.1 Å². The van der Waals surface area contributed by atoms with Gasteiger partial charge in [0, 0.05) is 9.75 Å². The van der Waals surface area contributed by atoms with E-state index in [0.29, 0.717) is 5.92 Å². The minimum atomic E-state index is 0.601. The summed E-state index contributed by atoms with van der Waals surface area (Å²) in [6.45, 7) is 16.0. The van der Waals surface area contributed by atoms with Gasteiger partial charge in [0.1, 0.15) is 0 Å². The third-order valence-corrected chi connectivity index (χ3v) is 5.03. The predicted molar refractivity (Wildman–Crippen MR) is 79.6 cm³/mol. The zero-order valence-electron chi connectivity index (χ0n) is 12.0. The molecule has 0 N–H and O–H groups in total. The summed E-state index contributed by atoms with van der Waals surface area (Å²) < 4.78 is 0. The van der Waals surface area contributed by atoms with Crippen LogP contribution in [0, 0.1) is 34.6 Å². The highest BCUT2D eigenvalue weighted by Crippen LogP contribution is 2.41. The van der Waals surface area contributed by atoms with Gasteiger partial charge in [-0.1, -0.05) is 13.8 Å². The van der Waals surface area contributed by atoms with Crippen molar-refractivity contribution in [1.29, 1.82) is 0 Å². The van der Waals surface area contributed by atoms with Gasteiger partial charge in [0.25, 0.3) is 0 Å². The zero-order valence-corrected chi connectivity index (χ0v) is 12.8. The number of thiophene rings is 1. The fourth-order valence-corrected chi connectivity index (χ4v) is 4.17. The van der Waals surface area contributed by atoms with Crippen LogP contribution in [-0.2, 0) is 0 Å². The van der Waals surface area contributed by atoms with Gasteiger partial charge in [0.15, 0.2) is 0 Å². The number of hydrogen-bond acceptors (Lipinski definition) is 1. The number of benzene rings is 1. The van der Waals surface area contributed by atoms with E-state index in [1.807, 2.05) is 11.3 Å². The molecule has 0 atom stereocenters. The van der Waals surface area contributed by atoms with E-state index < -0.39 is 0 Å². The van der Waals surface area contributed by atoms with Crippen molar-refractivity contribution in [3.8, 4) is 0 Å². The monoisotopic (exact) mass is 246 g/mol. The lowest BCUT2D eigenvalue weighted by Crippen LogP contribution is -1.99. The molecule has 92 valence electrons. The molecule has 0 aliphatic carbocycles. The average Bonchev–Trinajstić information content (AvgIpc) is 2.51. The first-order chi connectivity index (χ1) is 7.86. The van der Waals surface area contributed by atoms with Crippen LogP contribution in [0.1, 0.15) is 51.8 Å². The molecule has 1 aromatic carbocycles. The molecule has 0 aliphatic heterocycles. The van der Waals surface area contributed by atoms with Gasteiger partial charge in [0.2, 0.25) is 0 Å². The van der Waals surface area contributed by atoms with E-state index in [1.54, 1.807) is 5.56 Å². The third kappa shape index (κ3) is 1.72. The molecule has 0 saturated carbocycles. The lowest BCUT2D eigenvalue weighted by atomic mass is 9.86. The average molecular weight is 246 g/mol. The minimum absolute atomic E-state index is 0.601. The van der Waals surface area contributed by atoms with Crippen LogP contribution < -0.4 is 0 Å². The van der Waals surface area contributed by atoms with Crippen LogP contribution >= 0.6 is 11.3 Å². The van der Waals surface area contributed by atoms with E-state index in [0.717, 1.165) is 0 Å². The second-order valence-corrected chi connectivity index (χ2v) is 6.84. The highest BCUT2D eigenvalue weighted by atomic mass is 32.1. The number of fused-ring (bicyclic) bond motifs is 1. The first-order valence-electron chi connectivity index (χ1n) is 6.35. The van der Waals surface area contributed by atoms with Gasteiger partial charge in [-0.15, -0.1) is 11.3 Å². The largest absolute Gasteiger partial charge is 0.145 e. The topological polar surface area (TPSA) is 0 Å². The normalized spacial score (nSPS) is 11.8. The van der Waals surface area contributed by atoms with Crippen LogP contribution in [0.4, 0.5) is 0 Å². The minimum Gasteiger partial charge on any atom is -0.145 e. The molecule has 0 fully saturated rings. The van der Waals surface area contributed by atoms with Crippen LogP contribution in [0.5, 0.6) is 0 Å². The summed E-state index contributed by atoms with van der Waals surface area (Å²) >= 11 is 1.95. The second-order valence-electron chi connectivity index (χ2n) is 5.41. The Morgan fingerprint density at radius 1 is 0.706 bits per heavy atom. The number of hydrogen-bond donors (Lipinski definition) is 0. The van der Waals surface area contributed by atoms with Gasteiger partial charge in [0.05, 0.1) is 0 Å². The molecule has 0 aliphatic rings. The van der Waals surface area contributed by atoms with Crippen LogP contribution in [0.15, 0.2) is 0 Å². The van der Waals surface area contributed by atoms with Crippen LogP contribution in [0.25, 0.3) is 10.8 Å². The molecule has 0 bridgehead atoms. The van der Waals surface area contributed by atoms with E-state index in [4.69, 9.17) is 0 Å². The van der Waals surface area contributed by atoms with Gasteiger partial charge >= 0.3 is 0 Å². The Hall–Kier alpha value is -0.820. The molecule has 2 aromatic rings. The van der Waals surface area contributed by atoms with E-state index >= 15 is 0 Å². The Kier molecular flexibility index (Phi) is 3.07. The summed E-state index contributed by atoms with van der Waals surface area (Å²) in [7, 11) is 0. The molecule has 2 rings (SSSR count). The smallest absolute Gasteiger partial charge is 0.00987 e. The first kappa shape index (κ1) is 12.6. The Morgan fingerprint density at radius 2 is 1.24 bits per heavy atom. The Bertz CT molecular complexity index is 586. The van der Waals surface area contributed by atoms with Gasteiger partial charge < -0.3 is 0 Å². The predicted octanol–water partition coefficient (Wildman–Crippen LogP) is 5.57. The maximum atomic E-state index is 2.31. The summed E-state index contributed by atoms with van der Waals surface area (Å²) in [5, 5.41) is 3.04. The van der Waals surface area contributed by atoms with E-state index in [2.05, 4.69) is 48.5 Å². The molecular formula is C16H22S. The van der Waals surface area contributed by atoms with Gasteiger partial charge in [-0.3, -0.25) is 0 Å². The summed E-state index contributed by atoms with van der Waals surface area (Å²) in [5.74, 6) is 0.601. The van der Waals surface area contributed by atoms with E-state index in [1.165, 1.54) is 37.2 Å². The summed E-state index contributed by atoms with van der Waals surface area (Å²) in [6.07, 6.45) is 0. The van der Waals surface area contributed by atoms with Gasteiger partial charge in [-0.2, -0.15) is 0 Å². The van der Waals surface area contributed by atoms with Crippen LogP contribution in [0.3, 0.4) is 0 Å². The maximum absolute atomic E-state index is 2.31. The standard InChI is InChI=1S/C16H22S/c1-8(2)14-10(4)9(3)11(5)15-12(6)17-13(7)16(14)15/h8H,1-7H3. The zero-order chi connectivity index (χ0) is 12.9. The lowest BCUT2D eigenvalue weighted by Gasteiger charge is -2.18. The van der Waals surface area contributed by atoms with Crippen LogP contribution in [-0.4, -0.2) is 0 Å². The molecule has 0 radical (unpaired) electrons. The molecule has 1 heterocycles. The quantitative estimate of drug-likeness (QED) is 0.617. The highest BCUT2D eigenvalue weighted by molar-refractivity contribution is 7.13. The Labute approximate surface area is 109 Å². The number of rotatable bonds is 1. The van der Waals surface area contributed by atoms with E-state index in [9.17, 15) is 0 Å². The maximum Gasteiger partial charge on any atom is 0.00987 e. The van der Waals surface area contributed by atoms with Crippen molar-refractivity contribution in [3.63, 3.8) is 0 Å². The Morgan fingerprint density at radius 3 is 1.76 bits per heavy atom. The van der Waals surface area contributed by atoms with Crippen LogP contribution in [0.2, 0.25) is 0 Å². The van der Waals surface area contributed by atoms with Crippen molar-refractivity contribution in [2.24, 2.45) is 0 Å². The van der Waals surface area contributed by atoms with Gasteiger partial charge in [-0.05, 0) is 73.6 Å². The third-order valence-electron chi connectivity index (χ3n) is 4.01. The molecule has 0 amide bonds. The lowest BCUT2D eigenvalue weighted by molar-refractivity contribution is 0.863. The first-order valence-corrected chi connectivity index (χ1v) is 7.17. The highest BCUT2D eigenvalue weighted by Gasteiger charge is 2.18. The number of aryl methyl sites for hydroxylation is 3. The SMILES string of the molecule is Cc1c(C)c(C(C)C)c2c(C)sc(C)c2c1C. The van der Waals surface area contributed by atoms with Crippen molar-refractivity contribution in [1.82, 2.24) is 0 Å². The molecule has 17 heavy (non-hydrogen) atoms. The molecular weight excluding hydrogens is 224 g/mol. The van der Waals surface area contributed by atoms with Gasteiger partial charge in [-0.25, -0.2) is 0 Å². The summed E-state index contributed by atoms with van der Waals surface area (Å²) in [5.41, 5.74) is 6.00. The molecule has 0 nitrogen and oxygen atoms in total. The van der Waals surface area contributed by atoms with Crippen molar-refractivity contribution in [3.05, 3.63) is 32.0 Å². The fraction of sp³-hybridized carbons (Fsp3) is 0.500. The molecule has 1 aromatic heterocycles. The second kappa shape index (κ2) is 4.13. The van der Waals surface area contributed by atoms with Crippen molar-refractivity contribution in [2.75, 3.05) is 0 Å². The summed E-state index contributed by atoms with van der Waals surface area (Å²) in [6, 6.07) is 0. The van der Waals surface area contributed by atoms with Crippen molar-refractivity contribution < 1.29 is 0 Å². The summed E-state index contributed by atoms with van der Waals surface area (Å²) in [4.78, 5) is 2.95. The molecule has 1 heteroatoms. The molecule has 0 spiro atoms. The fourth-order valence-electron chi connectivity index (χ4n) is 3.04. The van der Waals surface area contributed by atoms with Crippen molar-refractivity contribution in [2.45, 2.75) is 54.4 Å². The van der Waals surface area contributed by atoms with E-state index in [-0.39, 0.29) is 0 Å².